The zero-order valence-corrected chi connectivity index (χ0v) is 9.68. The van der Waals surface area contributed by atoms with Crippen LogP contribution in [-0.4, -0.2) is 9.97 Å². The highest BCUT2D eigenvalue weighted by molar-refractivity contribution is 5.08. The summed E-state index contributed by atoms with van der Waals surface area (Å²) < 4.78 is 35.5. The Balaban J connectivity index is 0. The zero-order chi connectivity index (χ0) is 12.5. The summed E-state index contributed by atoms with van der Waals surface area (Å²) in [6.45, 7) is 9.53. The van der Waals surface area contributed by atoms with Gasteiger partial charge in [-0.15, -0.1) is 0 Å². The van der Waals surface area contributed by atoms with Gasteiger partial charge in [-0.2, -0.15) is 13.2 Å². The van der Waals surface area contributed by atoms with Crippen molar-refractivity contribution in [2.75, 3.05) is 0 Å². The molecule has 0 radical (unpaired) electrons. The van der Waals surface area contributed by atoms with Gasteiger partial charge in [0, 0.05) is 12.4 Å². The fourth-order valence-corrected chi connectivity index (χ4v) is 0.539. The second-order valence-corrected chi connectivity index (χ2v) is 2.02. The van der Waals surface area contributed by atoms with Crippen LogP contribution < -0.4 is 0 Å². The van der Waals surface area contributed by atoms with Crippen molar-refractivity contribution in [1.29, 1.82) is 0 Å². The van der Waals surface area contributed by atoms with Crippen LogP contribution in [0.1, 0.15) is 39.1 Å². The topological polar surface area (TPSA) is 25.8 Å². The van der Waals surface area contributed by atoms with Crippen LogP contribution in [0.15, 0.2) is 12.4 Å². The van der Waals surface area contributed by atoms with E-state index in [1.54, 1.807) is 0 Å². The van der Waals surface area contributed by atoms with Crippen molar-refractivity contribution >= 4 is 0 Å². The molecule has 0 aromatic carbocycles. The molecule has 0 aliphatic carbocycles. The number of hydrogen-bond acceptors (Lipinski definition) is 2. The molecule has 0 saturated carbocycles. The average Bonchev–Trinajstić information content (AvgIpc) is 2.23. The molecule has 0 saturated heterocycles. The van der Waals surface area contributed by atoms with Gasteiger partial charge in [-0.1, -0.05) is 27.7 Å². The lowest BCUT2D eigenvalue weighted by atomic mass is 10.3. The lowest BCUT2D eigenvalue weighted by Gasteiger charge is -2.03. The van der Waals surface area contributed by atoms with Gasteiger partial charge in [-0.3, -0.25) is 0 Å². The summed E-state index contributed by atoms with van der Waals surface area (Å²) in [5, 5.41) is 0. The molecule has 0 atom stereocenters. The monoisotopic (exact) mass is 222 g/mol. The van der Waals surface area contributed by atoms with E-state index in [2.05, 4.69) is 9.97 Å². The maximum Gasteiger partial charge on any atom is 0.419 e. The fraction of sp³-hybridized carbons (Fsp3) is 0.600. The molecule has 0 fully saturated rings. The van der Waals surface area contributed by atoms with E-state index in [9.17, 15) is 13.2 Å². The fourth-order valence-electron chi connectivity index (χ4n) is 0.539. The lowest BCUT2D eigenvalue weighted by molar-refractivity contribution is -0.138. The summed E-state index contributed by atoms with van der Waals surface area (Å²) in [4.78, 5) is 6.83. The second kappa shape index (κ2) is 8.20. The molecule has 1 aromatic heterocycles. The minimum atomic E-state index is -4.34. The average molecular weight is 222 g/mol. The van der Waals surface area contributed by atoms with Crippen LogP contribution in [0.25, 0.3) is 0 Å². The van der Waals surface area contributed by atoms with Crippen molar-refractivity contribution in [3.05, 3.63) is 23.8 Å². The Morgan fingerprint density at radius 2 is 1.27 bits per heavy atom. The third-order valence-corrected chi connectivity index (χ3v) is 1.11. The number of aryl methyl sites for hydroxylation is 1. The molecule has 0 aliphatic rings. The first-order valence-electron chi connectivity index (χ1n) is 4.86. The van der Waals surface area contributed by atoms with Crippen molar-refractivity contribution in [2.24, 2.45) is 0 Å². The van der Waals surface area contributed by atoms with Gasteiger partial charge in [0.2, 0.25) is 0 Å². The molecule has 2 nitrogen and oxygen atoms in total. The first-order chi connectivity index (χ1) is 7.00. The van der Waals surface area contributed by atoms with E-state index < -0.39 is 11.7 Å². The Morgan fingerprint density at radius 3 is 1.53 bits per heavy atom. The number of rotatable bonds is 0. The van der Waals surface area contributed by atoms with Crippen LogP contribution in [0.2, 0.25) is 0 Å². The third kappa shape index (κ3) is 6.88. The Hall–Kier alpha value is -1.13. The van der Waals surface area contributed by atoms with Crippen molar-refractivity contribution in [2.45, 2.75) is 40.8 Å². The van der Waals surface area contributed by atoms with Gasteiger partial charge in [0.15, 0.2) is 0 Å². The normalized spacial score (nSPS) is 9.33. The van der Waals surface area contributed by atoms with E-state index in [4.69, 9.17) is 0 Å². The van der Waals surface area contributed by atoms with Crippen molar-refractivity contribution in [3.8, 4) is 0 Å². The summed E-state index contributed by atoms with van der Waals surface area (Å²) in [5.74, 6) is 0.331. The summed E-state index contributed by atoms with van der Waals surface area (Å²) >= 11 is 0. The van der Waals surface area contributed by atoms with Gasteiger partial charge >= 0.3 is 6.18 Å². The second-order valence-electron chi connectivity index (χ2n) is 2.02. The van der Waals surface area contributed by atoms with E-state index >= 15 is 0 Å². The first-order valence-corrected chi connectivity index (χ1v) is 4.86. The van der Waals surface area contributed by atoms with E-state index in [0.717, 1.165) is 12.4 Å². The minimum Gasteiger partial charge on any atom is -0.241 e. The number of alkyl halides is 3. The molecule has 5 heteroatoms. The van der Waals surface area contributed by atoms with Gasteiger partial charge in [-0.25, -0.2) is 9.97 Å². The maximum absolute atomic E-state index is 11.8. The summed E-state index contributed by atoms with van der Waals surface area (Å²) in [6.07, 6.45) is -2.81. The number of halogens is 3. The predicted molar refractivity (Wildman–Crippen MR) is 54.5 cm³/mol. The Kier molecular flexibility index (Phi) is 8.91. The summed E-state index contributed by atoms with van der Waals surface area (Å²) in [7, 11) is 0. The summed E-state index contributed by atoms with van der Waals surface area (Å²) in [6, 6.07) is 0. The van der Waals surface area contributed by atoms with Crippen LogP contribution in [0.3, 0.4) is 0 Å². The van der Waals surface area contributed by atoms with Gasteiger partial charge in [0.1, 0.15) is 5.82 Å². The Bertz CT molecular complexity index is 242. The number of aromatic nitrogens is 2. The first kappa shape index (κ1) is 16.3. The molecule has 0 unspecified atom stereocenters. The molecule has 0 bridgehead atoms. The van der Waals surface area contributed by atoms with Gasteiger partial charge in [0.05, 0.1) is 5.56 Å². The molecule has 1 rings (SSSR count). The standard InChI is InChI=1S/C6H5F3N2.2C2H6/c1-4-10-2-5(3-11-4)6(7,8)9;2*1-2/h2-3H,1H3;2*1-2H3. The Morgan fingerprint density at radius 1 is 0.933 bits per heavy atom. The SMILES string of the molecule is CC.CC.Cc1ncc(C(F)(F)F)cn1. The number of hydrogen-bond donors (Lipinski definition) is 0. The minimum absolute atomic E-state index is 0.331. The summed E-state index contributed by atoms with van der Waals surface area (Å²) in [5.41, 5.74) is -0.817. The molecule has 0 amide bonds. The van der Waals surface area contributed by atoms with Crippen LogP contribution in [-0.2, 0) is 6.18 Å². The highest BCUT2D eigenvalue weighted by Crippen LogP contribution is 2.27. The molecule has 0 spiro atoms. The zero-order valence-electron chi connectivity index (χ0n) is 9.68. The molecule has 15 heavy (non-hydrogen) atoms. The molecule has 88 valence electrons. The van der Waals surface area contributed by atoms with E-state index in [0.29, 0.717) is 5.82 Å². The highest BCUT2D eigenvalue weighted by Gasteiger charge is 2.31. The van der Waals surface area contributed by atoms with Crippen LogP contribution in [0.4, 0.5) is 13.2 Å². The molecular formula is C10H17F3N2. The van der Waals surface area contributed by atoms with Crippen molar-refractivity contribution in [3.63, 3.8) is 0 Å². The quantitative estimate of drug-likeness (QED) is 0.666. The largest absolute Gasteiger partial charge is 0.419 e. The smallest absolute Gasteiger partial charge is 0.241 e. The Labute approximate surface area is 88.6 Å². The lowest BCUT2D eigenvalue weighted by Crippen LogP contribution is -2.06. The molecule has 1 aromatic rings. The number of nitrogens with zero attached hydrogens (tertiary/aromatic N) is 2. The predicted octanol–water partition coefficient (Wildman–Crippen LogP) is 3.86. The molecule has 1 heterocycles. The molecule has 0 aliphatic heterocycles. The third-order valence-electron chi connectivity index (χ3n) is 1.11. The van der Waals surface area contributed by atoms with Crippen LogP contribution in [0.5, 0.6) is 0 Å². The van der Waals surface area contributed by atoms with Crippen LogP contribution in [0, 0.1) is 6.92 Å². The van der Waals surface area contributed by atoms with Crippen molar-refractivity contribution < 1.29 is 13.2 Å². The molecular weight excluding hydrogens is 205 g/mol. The van der Waals surface area contributed by atoms with Gasteiger partial charge < -0.3 is 0 Å². The molecule has 0 N–H and O–H groups in total. The van der Waals surface area contributed by atoms with Crippen LogP contribution >= 0.6 is 0 Å². The van der Waals surface area contributed by atoms with Gasteiger partial charge in [0.25, 0.3) is 0 Å². The van der Waals surface area contributed by atoms with E-state index in [1.165, 1.54) is 6.92 Å². The van der Waals surface area contributed by atoms with Crippen molar-refractivity contribution in [1.82, 2.24) is 9.97 Å². The van der Waals surface area contributed by atoms with Gasteiger partial charge in [-0.05, 0) is 6.92 Å². The van der Waals surface area contributed by atoms with E-state index in [-0.39, 0.29) is 0 Å². The maximum atomic E-state index is 11.8. The highest BCUT2D eigenvalue weighted by atomic mass is 19.4. The van der Waals surface area contributed by atoms with E-state index in [1.807, 2.05) is 27.7 Å².